The average Bonchev–Trinajstić information content (AvgIpc) is 2.36. The molecule has 1 heteroatoms. The maximum Gasteiger partial charge on any atom is 0.0439 e. The molecule has 0 unspecified atom stereocenters. The van der Waals surface area contributed by atoms with E-state index in [4.69, 9.17) is 5.41 Å². The van der Waals surface area contributed by atoms with Crippen LogP contribution in [-0.2, 0) is 6.42 Å². The first-order valence-electron chi connectivity index (χ1n) is 5.86. The van der Waals surface area contributed by atoms with E-state index in [2.05, 4.69) is 48.5 Å². The maximum atomic E-state index is 7.90. The van der Waals surface area contributed by atoms with E-state index >= 15 is 0 Å². The molecule has 0 aromatic heterocycles. The Bertz CT molecular complexity index is 784. The number of benzene rings is 3. The second-order valence-electron chi connectivity index (χ2n) is 4.64. The number of hydrogen-bond donors (Lipinski definition) is 1. The van der Waals surface area contributed by atoms with Crippen molar-refractivity contribution in [2.45, 2.75) is 6.42 Å². The molecule has 80 valence electrons. The van der Waals surface area contributed by atoms with Crippen molar-refractivity contribution in [3.8, 4) is 0 Å². The molecule has 0 radical (unpaired) electrons. The second-order valence-corrected chi connectivity index (χ2v) is 4.64. The summed E-state index contributed by atoms with van der Waals surface area (Å²) in [7, 11) is 0. The summed E-state index contributed by atoms with van der Waals surface area (Å²) in [4.78, 5) is 0. The van der Waals surface area contributed by atoms with Crippen molar-refractivity contribution in [1.82, 2.24) is 0 Å². The van der Waals surface area contributed by atoms with Crippen LogP contribution in [0.2, 0.25) is 0 Å². The van der Waals surface area contributed by atoms with Crippen molar-refractivity contribution >= 4 is 27.3 Å². The zero-order chi connectivity index (χ0) is 11.4. The monoisotopic (exact) mass is 217 g/mol. The summed E-state index contributed by atoms with van der Waals surface area (Å²) >= 11 is 0. The highest BCUT2D eigenvalue weighted by Gasteiger charge is 2.22. The minimum Gasteiger partial charge on any atom is -0.304 e. The van der Waals surface area contributed by atoms with Crippen LogP contribution in [-0.4, -0.2) is 5.71 Å². The third-order valence-corrected chi connectivity index (χ3v) is 3.68. The molecule has 4 rings (SSSR count). The van der Waals surface area contributed by atoms with Crippen LogP contribution in [0.15, 0.2) is 48.5 Å². The van der Waals surface area contributed by atoms with Gasteiger partial charge in [-0.1, -0.05) is 48.5 Å². The number of fused-ring (bicyclic) bond motifs is 5. The molecule has 3 aromatic carbocycles. The van der Waals surface area contributed by atoms with Crippen LogP contribution in [0.4, 0.5) is 0 Å². The molecule has 0 amide bonds. The highest BCUT2D eigenvalue weighted by atomic mass is 14.5. The van der Waals surface area contributed by atoms with Gasteiger partial charge in [-0.2, -0.15) is 0 Å². The van der Waals surface area contributed by atoms with Gasteiger partial charge in [0.2, 0.25) is 0 Å². The van der Waals surface area contributed by atoms with Gasteiger partial charge in [-0.15, -0.1) is 0 Å². The molecule has 1 nitrogen and oxygen atoms in total. The van der Waals surface area contributed by atoms with Gasteiger partial charge in [0.1, 0.15) is 0 Å². The first kappa shape index (κ1) is 8.94. The van der Waals surface area contributed by atoms with Crippen LogP contribution in [0, 0.1) is 5.41 Å². The Hall–Kier alpha value is -2.15. The van der Waals surface area contributed by atoms with Crippen LogP contribution >= 0.6 is 0 Å². The fourth-order valence-corrected chi connectivity index (χ4v) is 2.81. The fourth-order valence-electron chi connectivity index (χ4n) is 2.81. The Labute approximate surface area is 99.2 Å². The third kappa shape index (κ3) is 1.06. The van der Waals surface area contributed by atoms with Crippen LogP contribution < -0.4 is 0 Å². The Morgan fingerprint density at radius 1 is 0.765 bits per heavy atom. The van der Waals surface area contributed by atoms with Gasteiger partial charge >= 0.3 is 0 Å². The number of hydrogen-bond acceptors (Lipinski definition) is 1. The molecular formula is C16H11N. The van der Waals surface area contributed by atoms with E-state index in [9.17, 15) is 0 Å². The van der Waals surface area contributed by atoms with Crippen LogP contribution in [0.3, 0.4) is 0 Å². The van der Waals surface area contributed by atoms with Crippen molar-refractivity contribution in [3.63, 3.8) is 0 Å². The zero-order valence-electron chi connectivity index (χ0n) is 9.33. The summed E-state index contributed by atoms with van der Waals surface area (Å²) in [5, 5.41) is 13.0. The van der Waals surface area contributed by atoms with Gasteiger partial charge in [0.15, 0.2) is 0 Å². The molecule has 0 bridgehead atoms. The van der Waals surface area contributed by atoms with E-state index in [0.29, 0.717) is 0 Å². The summed E-state index contributed by atoms with van der Waals surface area (Å²) in [6.07, 6.45) is 0.831. The van der Waals surface area contributed by atoms with E-state index in [1.807, 2.05) is 0 Å². The van der Waals surface area contributed by atoms with Gasteiger partial charge in [-0.05, 0) is 27.1 Å². The number of nitrogens with one attached hydrogen (secondary N) is 1. The molecule has 0 fully saturated rings. The van der Waals surface area contributed by atoms with Gasteiger partial charge in [0.05, 0.1) is 0 Å². The van der Waals surface area contributed by atoms with Gasteiger partial charge in [-0.25, -0.2) is 0 Å². The Morgan fingerprint density at radius 3 is 2.47 bits per heavy atom. The van der Waals surface area contributed by atoms with E-state index in [1.54, 1.807) is 0 Å². The summed E-state index contributed by atoms with van der Waals surface area (Å²) in [6, 6.07) is 17.1. The van der Waals surface area contributed by atoms with Gasteiger partial charge < -0.3 is 5.41 Å². The zero-order valence-corrected chi connectivity index (χ0v) is 9.33. The Balaban J connectivity index is 2.26. The van der Waals surface area contributed by atoms with Crippen LogP contribution in [0.25, 0.3) is 21.5 Å². The van der Waals surface area contributed by atoms with E-state index < -0.39 is 0 Å². The smallest absolute Gasteiger partial charge is 0.0439 e. The predicted octanol–water partition coefficient (Wildman–Crippen LogP) is 3.92. The topological polar surface area (TPSA) is 23.9 Å². The standard InChI is InChI=1S/C16H11N/c17-15-9-11-6-7-13-12-4-2-1-3-10(12)5-8-14(13)16(11)15/h1-8,17H,9H2. The summed E-state index contributed by atoms with van der Waals surface area (Å²) in [6.45, 7) is 0. The van der Waals surface area contributed by atoms with Crippen LogP contribution in [0.1, 0.15) is 11.1 Å². The quantitative estimate of drug-likeness (QED) is 0.552. The summed E-state index contributed by atoms with van der Waals surface area (Å²) < 4.78 is 0. The molecule has 17 heavy (non-hydrogen) atoms. The highest BCUT2D eigenvalue weighted by molar-refractivity contribution is 6.21. The Kier molecular flexibility index (Phi) is 1.55. The molecule has 0 heterocycles. The molecule has 3 aromatic rings. The largest absolute Gasteiger partial charge is 0.304 e. The van der Waals surface area contributed by atoms with E-state index in [0.717, 1.165) is 17.7 Å². The summed E-state index contributed by atoms with van der Waals surface area (Å²) in [5.74, 6) is 0. The SMILES string of the molecule is N=C1Cc2ccc3c(ccc4ccccc43)c21. The molecule has 1 N–H and O–H groups in total. The highest BCUT2D eigenvalue weighted by Crippen LogP contribution is 2.34. The second kappa shape index (κ2) is 2.95. The van der Waals surface area contributed by atoms with E-state index in [-0.39, 0.29) is 0 Å². The molecule has 0 aliphatic heterocycles. The lowest BCUT2D eigenvalue weighted by atomic mass is 9.81. The first-order chi connectivity index (χ1) is 8.34. The van der Waals surface area contributed by atoms with Crippen LogP contribution in [0.5, 0.6) is 0 Å². The van der Waals surface area contributed by atoms with Crippen molar-refractivity contribution in [2.75, 3.05) is 0 Å². The average molecular weight is 217 g/mol. The minimum atomic E-state index is 0.779. The lowest BCUT2D eigenvalue weighted by molar-refractivity contribution is 1.20. The first-order valence-corrected chi connectivity index (χ1v) is 5.86. The lowest BCUT2D eigenvalue weighted by Gasteiger charge is -2.22. The van der Waals surface area contributed by atoms with E-state index in [1.165, 1.54) is 27.1 Å². The normalized spacial score (nSPS) is 13.8. The van der Waals surface area contributed by atoms with Gasteiger partial charge in [0, 0.05) is 17.7 Å². The Morgan fingerprint density at radius 2 is 1.59 bits per heavy atom. The molecule has 0 saturated carbocycles. The van der Waals surface area contributed by atoms with Gasteiger partial charge in [0.25, 0.3) is 0 Å². The fraction of sp³-hybridized carbons (Fsp3) is 0.0625. The molecule has 0 atom stereocenters. The summed E-state index contributed by atoms with van der Waals surface area (Å²) in [5.41, 5.74) is 3.26. The predicted molar refractivity (Wildman–Crippen MR) is 72.0 cm³/mol. The third-order valence-electron chi connectivity index (χ3n) is 3.68. The molecule has 1 aliphatic rings. The minimum absolute atomic E-state index is 0.779. The van der Waals surface area contributed by atoms with Crippen molar-refractivity contribution < 1.29 is 0 Å². The lowest BCUT2D eigenvalue weighted by Crippen LogP contribution is -2.18. The molecule has 0 spiro atoms. The molecule has 0 saturated heterocycles. The molecule has 1 aliphatic carbocycles. The van der Waals surface area contributed by atoms with Crippen molar-refractivity contribution in [3.05, 3.63) is 59.7 Å². The maximum absolute atomic E-state index is 7.90. The molecular weight excluding hydrogens is 206 g/mol. The number of rotatable bonds is 0. The van der Waals surface area contributed by atoms with Crippen molar-refractivity contribution in [2.24, 2.45) is 0 Å². The van der Waals surface area contributed by atoms with Gasteiger partial charge in [-0.3, -0.25) is 0 Å². The van der Waals surface area contributed by atoms with Crippen molar-refractivity contribution in [1.29, 1.82) is 5.41 Å².